The Bertz CT molecular complexity index is 1010. The first-order chi connectivity index (χ1) is 12.6. The smallest absolute Gasteiger partial charge is 0.215 e. The van der Waals surface area contributed by atoms with Crippen LogP contribution in [0, 0.1) is 0 Å². The molecule has 0 spiro atoms. The van der Waals surface area contributed by atoms with Crippen LogP contribution in [0.5, 0.6) is 0 Å². The van der Waals surface area contributed by atoms with Crippen LogP contribution in [0.3, 0.4) is 0 Å². The first-order valence-electron chi connectivity index (χ1n) is 8.44. The van der Waals surface area contributed by atoms with Crippen molar-refractivity contribution in [2.75, 3.05) is 7.05 Å². The lowest BCUT2D eigenvalue weighted by molar-refractivity contribution is 0.587. The molecule has 2 heterocycles. The van der Waals surface area contributed by atoms with E-state index in [9.17, 15) is 8.42 Å². The van der Waals surface area contributed by atoms with Crippen LogP contribution in [-0.2, 0) is 15.8 Å². The van der Waals surface area contributed by atoms with Gasteiger partial charge in [0, 0.05) is 12.1 Å². The number of benzene rings is 1. The van der Waals surface area contributed by atoms with Gasteiger partial charge in [-0.1, -0.05) is 18.2 Å². The van der Waals surface area contributed by atoms with Crippen LogP contribution >= 0.6 is 0 Å². The summed E-state index contributed by atoms with van der Waals surface area (Å²) in [5.41, 5.74) is 2.30. The lowest BCUT2D eigenvalue weighted by Crippen LogP contribution is -2.20. The van der Waals surface area contributed by atoms with Gasteiger partial charge in [-0.15, -0.1) is 0 Å². The number of pyridine rings is 1. The zero-order chi connectivity index (χ0) is 18.1. The first kappa shape index (κ1) is 16.9. The average Bonchev–Trinajstić information content (AvgIpc) is 3.42. The summed E-state index contributed by atoms with van der Waals surface area (Å²) < 4.78 is 27.5. The number of hydrogen-bond acceptors (Lipinski definition) is 5. The molecule has 0 saturated heterocycles. The van der Waals surface area contributed by atoms with E-state index in [1.807, 2.05) is 30.3 Å². The standard InChI is InChI=1S/C18H19N5O2S/c1-19-26(24,25)12-13-5-9-15(10-6-13)23-18(16-4-2-3-11-20-16)21-17(22-23)14-7-8-14/h2-6,9-11,14,19H,7-8,12H2,1H3. The van der Waals surface area contributed by atoms with Crippen molar-refractivity contribution in [1.82, 2.24) is 24.5 Å². The number of hydrogen-bond donors (Lipinski definition) is 1. The highest BCUT2D eigenvalue weighted by Crippen LogP contribution is 2.39. The van der Waals surface area contributed by atoms with Crippen molar-refractivity contribution >= 4 is 10.0 Å². The Hall–Kier alpha value is -2.58. The summed E-state index contributed by atoms with van der Waals surface area (Å²) in [4.78, 5) is 9.09. The Morgan fingerprint density at radius 3 is 2.54 bits per heavy atom. The summed E-state index contributed by atoms with van der Waals surface area (Å²) in [6.07, 6.45) is 3.97. The highest BCUT2D eigenvalue weighted by Gasteiger charge is 2.29. The van der Waals surface area contributed by atoms with E-state index >= 15 is 0 Å². The van der Waals surface area contributed by atoms with Gasteiger partial charge in [0.05, 0.1) is 11.4 Å². The van der Waals surface area contributed by atoms with Crippen molar-refractivity contribution in [2.45, 2.75) is 24.5 Å². The van der Waals surface area contributed by atoms with Gasteiger partial charge in [-0.3, -0.25) is 4.98 Å². The molecule has 0 atom stereocenters. The number of aromatic nitrogens is 4. The normalized spacial score (nSPS) is 14.5. The van der Waals surface area contributed by atoms with Crippen LogP contribution < -0.4 is 4.72 Å². The molecule has 4 rings (SSSR count). The Morgan fingerprint density at radius 1 is 1.15 bits per heavy atom. The third-order valence-corrected chi connectivity index (χ3v) is 5.64. The molecule has 1 aliphatic rings. The van der Waals surface area contributed by atoms with Crippen molar-refractivity contribution in [1.29, 1.82) is 0 Å². The largest absolute Gasteiger partial charge is 0.253 e. The van der Waals surface area contributed by atoms with Gasteiger partial charge < -0.3 is 0 Å². The Labute approximate surface area is 152 Å². The minimum Gasteiger partial charge on any atom is -0.253 e. The molecule has 1 fully saturated rings. The predicted octanol–water partition coefficient (Wildman–Crippen LogP) is 2.26. The highest BCUT2D eigenvalue weighted by atomic mass is 32.2. The van der Waals surface area contributed by atoms with E-state index in [1.54, 1.807) is 23.0 Å². The van der Waals surface area contributed by atoms with Gasteiger partial charge >= 0.3 is 0 Å². The Morgan fingerprint density at radius 2 is 1.92 bits per heavy atom. The monoisotopic (exact) mass is 369 g/mol. The molecule has 2 aromatic heterocycles. The number of nitrogens with zero attached hydrogens (tertiary/aromatic N) is 4. The predicted molar refractivity (Wildman–Crippen MR) is 98.2 cm³/mol. The van der Waals surface area contributed by atoms with Gasteiger partial charge in [0.25, 0.3) is 0 Å². The molecule has 8 heteroatoms. The van der Waals surface area contributed by atoms with Gasteiger partial charge in [-0.05, 0) is 49.7 Å². The zero-order valence-electron chi connectivity index (χ0n) is 14.3. The molecule has 1 N–H and O–H groups in total. The average molecular weight is 369 g/mol. The van der Waals surface area contributed by atoms with E-state index < -0.39 is 10.0 Å². The molecule has 0 amide bonds. The Balaban J connectivity index is 1.71. The second kappa shape index (κ2) is 6.62. The van der Waals surface area contributed by atoms with Crippen molar-refractivity contribution < 1.29 is 8.42 Å². The third-order valence-electron chi connectivity index (χ3n) is 4.31. The highest BCUT2D eigenvalue weighted by molar-refractivity contribution is 7.88. The summed E-state index contributed by atoms with van der Waals surface area (Å²) in [5.74, 6) is 1.91. The molecule has 1 aromatic carbocycles. The summed E-state index contributed by atoms with van der Waals surface area (Å²) in [6, 6.07) is 13.0. The van der Waals surface area contributed by atoms with Crippen LogP contribution in [0.4, 0.5) is 0 Å². The minimum atomic E-state index is -3.29. The van der Waals surface area contributed by atoms with Crippen molar-refractivity contribution in [2.24, 2.45) is 0 Å². The van der Waals surface area contributed by atoms with Crippen molar-refractivity contribution in [3.8, 4) is 17.2 Å². The van der Waals surface area contributed by atoms with E-state index in [-0.39, 0.29) is 5.75 Å². The van der Waals surface area contributed by atoms with Gasteiger partial charge in [0.15, 0.2) is 11.6 Å². The maximum absolute atomic E-state index is 11.7. The van der Waals surface area contributed by atoms with Crippen LogP contribution in [0.25, 0.3) is 17.2 Å². The molecule has 0 unspecified atom stereocenters. The van der Waals surface area contributed by atoms with Crippen LogP contribution in [0.2, 0.25) is 0 Å². The van der Waals surface area contributed by atoms with Gasteiger partial charge in [-0.25, -0.2) is 22.8 Å². The van der Waals surface area contributed by atoms with Crippen molar-refractivity contribution in [3.05, 3.63) is 60.0 Å². The van der Waals surface area contributed by atoms with E-state index in [0.717, 1.165) is 30.0 Å². The van der Waals surface area contributed by atoms with Gasteiger partial charge in [-0.2, -0.15) is 5.10 Å². The third kappa shape index (κ3) is 3.51. The summed E-state index contributed by atoms with van der Waals surface area (Å²) in [7, 11) is -1.88. The van der Waals surface area contributed by atoms with E-state index in [2.05, 4.69) is 14.8 Å². The summed E-state index contributed by atoms with van der Waals surface area (Å²) in [6.45, 7) is 0. The second-order valence-electron chi connectivity index (χ2n) is 6.32. The lowest BCUT2D eigenvalue weighted by Gasteiger charge is -2.07. The maximum Gasteiger partial charge on any atom is 0.215 e. The molecule has 134 valence electrons. The molecule has 26 heavy (non-hydrogen) atoms. The number of nitrogens with one attached hydrogen (secondary N) is 1. The molecule has 1 aliphatic carbocycles. The summed E-state index contributed by atoms with van der Waals surface area (Å²) in [5, 5.41) is 4.67. The second-order valence-corrected chi connectivity index (χ2v) is 8.25. The fourth-order valence-corrected chi connectivity index (χ4v) is 3.48. The SMILES string of the molecule is CNS(=O)(=O)Cc1ccc(-n2nc(C3CC3)nc2-c2ccccn2)cc1. The minimum absolute atomic E-state index is 0.0540. The van der Waals surface area contributed by atoms with Gasteiger partial charge in [0.1, 0.15) is 5.69 Å². The Kier molecular flexibility index (Phi) is 4.29. The molecular weight excluding hydrogens is 350 g/mol. The number of sulfonamides is 1. The van der Waals surface area contributed by atoms with Crippen molar-refractivity contribution in [3.63, 3.8) is 0 Å². The number of rotatable bonds is 6. The van der Waals surface area contributed by atoms with Gasteiger partial charge in [0.2, 0.25) is 10.0 Å². The zero-order valence-corrected chi connectivity index (χ0v) is 15.1. The van der Waals surface area contributed by atoms with Crippen LogP contribution in [-0.4, -0.2) is 35.2 Å². The van der Waals surface area contributed by atoms with E-state index in [4.69, 9.17) is 4.98 Å². The summed E-state index contributed by atoms with van der Waals surface area (Å²) >= 11 is 0. The van der Waals surface area contributed by atoms with Crippen LogP contribution in [0.1, 0.15) is 30.1 Å². The topological polar surface area (TPSA) is 89.8 Å². The quantitative estimate of drug-likeness (QED) is 0.720. The first-order valence-corrected chi connectivity index (χ1v) is 10.1. The molecular formula is C18H19N5O2S. The van der Waals surface area contributed by atoms with Crippen LogP contribution in [0.15, 0.2) is 48.7 Å². The van der Waals surface area contributed by atoms with E-state index in [1.165, 1.54) is 7.05 Å². The molecule has 3 aromatic rings. The fourth-order valence-electron chi connectivity index (χ4n) is 2.71. The molecule has 0 aliphatic heterocycles. The molecule has 1 saturated carbocycles. The fraction of sp³-hybridized carbons (Fsp3) is 0.278. The van der Waals surface area contributed by atoms with E-state index in [0.29, 0.717) is 17.3 Å². The molecule has 0 radical (unpaired) electrons. The maximum atomic E-state index is 11.7. The molecule has 0 bridgehead atoms. The lowest BCUT2D eigenvalue weighted by atomic mass is 10.2. The molecule has 7 nitrogen and oxygen atoms in total.